The molecule has 1 aliphatic heterocycles. The molecule has 0 bridgehead atoms. The van der Waals surface area contributed by atoms with Crippen LogP contribution in [-0.2, 0) is 9.53 Å². The van der Waals surface area contributed by atoms with Gasteiger partial charge in [-0.1, -0.05) is 31.5 Å². The molecule has 0 saturated carbocycles. The molecular weight excluding hydrogens is 483 g/mol. The first-order valence-electron chi connectivity index (χ1n) is 10.2. The number of benzene rings is 1. The second-order valence-electron chi connectivity index (χ2n) is 7.07. The number of carbonyl (C=O) groups excluding carboxylic acids is 1. The fourth-order valence-corrected chi connectivity index (χ4v) is 2.83. The number of para-hydroxylation sites is 1. The average Bonchev–Trinajstić information content (AvgIpc) is 2.71. The standard InChI is InChI=1S/C21H34N4O3.HI/c1-4-5-13-27-14-8-12-22-21(23-16-20(26)25(2)3)24-18-11-15-28-19-10-7-6-9-17(18)19;/h6-7,9-10,18H,4-5,8,11-16H2,1-3H3,(H2,22,23,24);1H. The van der Waals surface area contributed by atoms with Crippen LogP contribution in [0, 0.1) is 0 Å². The van der Waals surface area contributed by atoms with E-state index in [1.807, 2.05) is 18.2 Å². The van der Waals surface area contributed by atoms with Crippen LogP contribution in [0.25, 0.3) is 0 Å². The summed E-state index contributed by atoms with van der Waals surface area (Å²) in [6.07, 6.45) is 3.97. The van der Waals surface area contributed by atoms with Crippen molar-refractivity contribution < 1.29 is 14.3 Å². The van der Waals surface area contributed by atoms with Crippen molar-refractivity contribution in [3.05, 3.63) is 29.8 Å². The first kappa shape index (κ1) is 25.5. The number of aliphatic imine (C=N–C) groups is 1. The van der Waals surface area contributed by atoms with Crippen molar-refractivity contribution in [1.82, 2.24) is 15.5 Å². The molecule has 0 saturated heterocycles. The topological polar surface area (TPSA) is 75.2 Å². The maximum absolute atomic E-state index is 11.9. The van der Waals surface area contributed by atoms with Gasteiger partial charge < -0.3 is 25.0 Å². The Morgan fingerprint density at radius 2 is 2.03 bits per heavy atom. The molecule has 0 aliphatic carbocycles. The van der Waals surface area contributed by atoms with E-state index in [9.17, 15) is 4.79 Å². The van der Waals surface area contributed by atoms with E-state index in [1.165, 1.54) is 0 Å². The van der Waals surface area contributed by atoms with Crippen molar-refractivity contribution in [2.75, 3.05) is 47.0 Å². The Bertz CT molecular complexity index is 640. The van der Waals surface area contributed by atoms with Gasteiger partial charge in [0.25, 0.3) is 0 Å². The van der Waals surface area contributed by atoms with Crippen LogP contribution < -0.4 is 15.4 Å². The molecule has 0 radical (unpaired) electrons. The molecule has 0 spiro atoms. The summed E-state index contributed by atoms with van der Waals surface area (Å²) >= 11 is 0. The Morgan fingerprint density at radius 1 is 1.28 bits per heavy atom. The maximum atomic E-state index is 11.9. The lowest BCUT2D eigenvalue weighted by atomic mass is 10.0. The van der Waals surface area contributed by atoms with E-state index in [2.05, 4.69) is 28.6 Å². The van der Waals surface area contributed by atoms with Gasteiger partial charge in [0.15, 0.2) is 5.96 Å². The highest BCUT2D eigenvalue weighted by molar-refractivity contribution is 14.0. The monoisotopic (exact) mass is 518 g/mol. The fourth-order valence-electron chi connectivity index (χ4n) is 2.83. The van der Waals surface area contributed by atoms with Crippen LogP contribution in [0.15, 0.2) is 29.3 Å². The number of nitrogens with one attached hydrogen (secondary N) is 2. The van der Waals surface area contributed by atoms with Crippen molar-refractivity contribution in [2.24, 2.45) is 4.99 Å². The number of hydrogen-bond acceptors (Lipinski definition) is 4. The van der Waals surface area contributed by atoms with E-state index in [0.29, 0.717) is 12.6 Å². The van der Waals surface area contributed by atoms with Crippen LogP contribution in [0.4, 0.5) is 0 Å². The first-order valence-corrected chi connectivity index (χ1v) is 10.2. The number of ether oxygens (including phenoxy) is 2. The number of nitrogens with zero attached hydrogens (tertiary/aromatic N) is 2. The van der Waals surface area contributed by atoms with Crippen molar-refractivity contribution in [3.63, 3.8) is 0 Å². The molecule has 1 aromatic carbocycles. The fraction of sp³-hybridized carbons (Fsp3) is 0.619. The Kier molecular flexibility index (Phi) is 12.7. The molecule has 29 heavy (non-hydrogen) atoms. The highest BCUT2D eigenvalue weighted by Crippen LogP contribution is 2.31. The average molecular weight is 518 g/mol. The van der Waals surface area contributed by atoms with Gasteiger partial charge in [-0.25, -0.2) is 4.99 Å². The smallest absolute Gasteiger partial charge is 0.243 e. The number of likely N-dealkylation sites (N-methyl/N-ethyl adjacent to an activating group) is 1. The Balaban J connectivity index is 0.00000420. The molecule has 1 heterocycles. The normalized spacial score (nSPS) is 15.6. The second kappa shape index (κ2) is 14.4. The summed E-state index contributed by atoms with van der Waals surface area (Å²) in [5.74, 6) is 1.51. The first-order chi connectivity index (χ1) is 13.6. The van der Waals surface area contributed by atoms with Crippen molar-refractivity contribution >= 4 is 35.8 Å². The molecule has 2 rings (SSSR count). The quantitative estimate of drug-likeness (QED) is 0.216. The van der Waals surface area contributed by atoms with E-state index >= 15 is 0 Å². The van der Waals surface area contributed by atoms with Gasteiger partial charge in [0.1, 0.15) is 12.3 Å². The molecule has 1 unspecified atom stereocenters. The zero-order valence-corrected chi connectivity index (χ0v) is 20.1. The van der Waals surface area contributed by atoms with Crippen LogP contribution in [0.1, 0.15) is 44.2 Å². The highest BCUT2D eigenvalue weighted by atomic mass is 127. The number of fused-ring (bicyclic) bond motifs is 1. The molecule has 7 nitrogen and oxygen atoms in total. The summed E-state index contributed by atoms with van der Waals surface area (Å²) in [4.78, 5) is 18.0. The molecule has 1 atom stereocenters. The van der Waals surface area contributed by atoms with Crippen molar-refractivity contribution in [3.8, 4) is 5.75 Å². The molecule has 8 heteroatoms. The lowest BCUT2D eigenvalue weighted by molar-refractivity contribution is -0.127. The summed E-state index contributed by atoms with van der Waals surface area (Å²) in [7, 11) is 3.47. The molecule has 1 amide bonds. The van der Waals surface area contributed by atoms with Crippen molar-refractivity contribution in [2.45, 2.75) is 38.6 Å². The number of halogens is 1. The zero-order valence-electron chi connectivity index (χ0n) is 17.8. The van der Waals surface area contributed by atoms with Gasteiger partial charge in [-0.3, -0.25) is 4.79 Å². The van der Waals surface area contributed by atoms with Crippen LogP contribution >= 0.6 is 24.0 Å². The lowest BCUT2D eigenvalue weighted by Crippen LogP contribution is -2.42. The third-order valence-electron chi connectivity index (χ3n) is 4.54. The molecule has 164 valence electrons. The molecule has 1 aromatic rings. The van der Waals surface area contributed by atoms with Crippen molar-refractivity contribution in [1.29, 1.82) is 0 Å². The molecule has 1 aliphatic rings. The molecular formula is C21H35IN4O3. The zero-order chi connectivity index (χ0) is 20.2. The van der Waals surface area contributed by atoms with Crippen LogP contribution in [0.3, 0.4) is 0 Å². The summed E-state index contributed by atoms with van der Waals surface area (Å²) in [6.45, 7) is 5.19. The van der Waals surface area contributed by atoms with Crippen LogP contribution in [0.5, 0.6) is 5.75 Å². The second-order valence-corrected chi connectivity index (χ2v) is 7.07. The van der Waals surface area contributed by atoms with Gasteiger partial charge in [0.2, 0.25) is 5.91 Å². The Labute approximate surface area is 191 Å². The van der Waals surface area contributed by atoms with Gasteiger partial charge in [-0.05, 0) is 18.9 Å². The SMILES string of the molecule is CCCCOCCCNC(=NCC(=O)N(C)C)NC1CCOc2ccccc21.I. The van der Waals surface area contributed by atoms with E-state index in [4.69, 9.17) is 9.47 Å². The molecule has 2 N–H and O–H groups in total. The third kappa shape index (κ3) is 9.20. The lowest BCUT2D eigenvalue weighted by Gasteiger charge is -2.28. The van der Waals surface area contributed by atoms with Crippen LogP contribution in [0.2, 0.25) is 0 Å². The minimum Gasteiger partial charge on any atom is -0.493 e. The van der Waals surface area contributed by atoms with Gasteiger partial charge in [0.05, 0.1) is 12.6 Å². The summed E-state index contributed by atoms with van der Waals surface area (Å²) < 4.78 is 11.3. The number of carbonyl (C=O) groups is 1. The largest absolute Gasteiger partial charge is 0.493 e. The van der Waals surface area contributed by atoms with E-state index < -0.39 is 0 Å². The predicted molar refractivity (Wildman–Crippen MR) is 127 cm³/mol. The van der Waals surface area contributed by atoms with Gasteiger partial charge in [-0.2, -0.15) is 0 Å². The minimum absolute atomic E-state index is 0. The van der Waals surface area contributed by atoms with Gasteiger partial charge in [-0.15, -0.1) is 24.0 Å². The maximum Gasteiger partial charge on any atom is 0.243 e. The van der Waals surface area contributed by atoms with Crippen LogP contribution in [-0.4, -0.2) is 63.8 Å². The number of unbranched alkanes of at least 4 members (excludes halogenated alkanes) is 1. The minimum atomic E-state index is -0.0311. The molecule has 0 aromatic heterocycles. The Morgan fingerprint density at radius 3 is 2.79 bits per heavy atom. The van der Waals surface area contributed by atoms with E-state index in [0.717, 1.165) is 56.8 Å². The highest BCUT2D eigenvalue weighted by Gasteiger charge is 2.22. The predicted octanol–water partition coefficient (Wildman–Crippen LogP) is 2.96. The summed E-state index contributed by atoms with van der Waals surface area (Å²) in [5, 5.41) is 6.80. The van der Waals surface area contributed by atoms with Gasteiger partial charge >= 0.3 is 0 Å². The van der Waals surface area contributed by atoms with E-state index in [-0.39, 0.29) is 42.5 Å². The number of amides is 1. The molecule has 0 fully saturated rings. The van der Waals surface area contributed by atoms with Gasteiger partial charge in [0, 0.05) is 45.8 Å². The summed E-state index contributed by atoms with van der Waals surface area (Å²) in [5.41, 5.74) is 1.12. The number of hydrogen-bond donors (Lipinski definition) is 2. The Hall–Kier alpha value is -1.55. The number of guanidine groups is 1. The third-order valence-corrected chi connectivity index (χ3v) is 4.54. The van der Waals surface area contributed by atoms with E-state index in [1.54, 1.807) is 19.0 Å². The summed E-state index contributed by atoms with van der Waals surface area (Å²) in [6, 6.07) is 8.14. The number of rotatable bonds is 10.